The van der Waals surface area contributed by atoms with Crippen molar-refractivity contribution in [2.24, 2.45) is 5.92 Å². The molecule has 0 saturated heterocycles. The molecule has 0 bridgehead atoms. The molecule has 168 valence electrons. The molecule has 1 fully saturated rings. The number of benzene rings is 1. The van der Waals surface area contributed by atoms with Crippen molar-refractivity contribution in [1.82, 2.24) is 15.6 Å². The van der Waals surface area contributed by atoms with E-state index in [0.29, 0.717) is 30.4 Å². The fourth-order valence-corrected chi connectivity index (χ4v) is 4.58. The number of pyridine rings is 1. The summed E-state index contributed by atoms with van der Waals surface area (Å²) in [6.45, 7) is 0.800. The van der Waals surface area contributed by atoms with E-state index >= 15 is 0 Å². The summed E-state index contributed by atoms with van der Waals surface area (Å²) < 4.78 is 5.45. The molecule has 2 aromatic rings. The molecule has 4 N–H and O–H groups in total. The van der Waals surface area contributed by atoms with Crippen LogP contribution in [0.3, 0.4) is 0 Å². The minimum absolute atomic E-state index is 0.0141. The highest BCUT2D eigenvalue weighted by molar-refractivity contribution is 6.47. The SMILES string of the molecule is O=C(CC1CCC(NCc2cccnc2)CC1)NC1Cc2cccc(C(=O)O)c2OB1O. The number of carboxylic acids is 1. The lowest BCUT2D eigenvalue weighted by molar-refractivity contribution is -0.122. The predicted molar refractivity (Wildman–Crippen MR) is 119 cm³/mol. The van der Waals surface area contributed by atoms with Gasteiger partial charge in [0.15, 0.2) is 0 Å². The Morgan fingerprint density at radius 2 is 1.97 bits per heavy atom. The minimum atomic E-state index is -1.28. The van der Waals surface area contributed by atoms with Crippen molar-refractivity contribution in [2.75, 3.05) is 0 Å². The summed E-state index contributed by atoms with van der Waals surface area (Å²) in [6.07, 6.45) is 8.39. The second-order valence-electron chi connectivity index (χ2n) is 8.65. The van der Waals surface area contributed by atoms with E-state index in [1.54, 1.807) is 18.3 Å². The number of para-hydroxylation sites is 1. The molecule has 1 atom stereocenters. The molecule has 0 spiro atoms. The summed E-state index contributed by atoms with van der Waals surface area (Å²) in [4.78, 5) is 28.1. The molecule has 1 unspecified atom stereocenters. The van der Waals surface area contributed by atoms with Crippen LogP contribution in [0.25, 0.3) is 0 Å². The van der Waals surface area contributed by atoms with Gasteiger partial charge < -0.3 is 25.4 Å². The van der Waals surface area contributed by atoms with Crippen LogP contribution >= 0.6 is 0 Å². The van der Waals surface area contributed by atoms with Gasteiger partial charge in [0, 0.05) is 31.4 Å². The van der Waals surface area contributed by atoms with Crippen molar-refractivity contribution in [3.8, 4) is 5.75 Å². The molecule has 1 saturated carbocycles. The maximum Gasteiger partial charge on any atom is 0.547 e. The molecule has 0 radical (unpaired) electrons. The van der Waals surface area contributed by atoms with Crippen LogP contribution in [0, 0.1) is 5.92 Å². The number of carbonyl (C=O) groups is 2. The summed E-state index contributed by atoms with van der Waals surface area (Å²) in [5.41, 5.74) is 1.85. The van der Waals surface area contributed by atoms with Gasteiger partial charge in [0.1, 0.15) is 5.75 Å². The zero-order chi connectivity index (χ0) is 22.5. The molecule has 2 aliphatic rings. The smallest absolute Gasteiger partial charge is 0.534 e. The Bertz CT molecular complexity index is 950. The Kier molecular flexibility index (Phi) is 7.07. The van der Waals surface area contributed by atoms with Crippen LogP contribution < -0.4 is 15.3 Å². The summed E-state index contributed by atoms with van der Waals surface area (Å²) in [7, 11) is -1.28. The molecule has 1 amide bonds. The topological polar surface area (TPSA) is 121 Å². The first-order chi connectivity index (χ1) is 15.5. The van der Waals surface area contributed by atoms with Crippen LogP contribution in [0.1, 0.15) is 53.6 Å². The number of hydrogen-bond donors (Lipinski definition) is 4. The van der Waals surface area contributed by atoms with Gasteiger partial charge in [-0.3, -0.25) is 9.78 Å². The van der Waals surface area contributed by atoms with E-state index in [9.17, 15) is 19.7 Å². The van der Waals surface area contributed by atoms with Crippen LogP contribution in [0.15, 0.2) is 42.7 Å². The van der Waals surface area contributed by atoms with Crippen molar-refractivity contribution in [2.45, 2.75) is 57.1 Å². The molecule has 1 aliphatic heterocycles. The third kappa shape index (κ3) is 5.47. The highest BCUT2D eigenvalue weighted by atomic mass is 16.5. The van der Waals surface area contributed by atoms with Crippen LogP contribution in [0.4, 0.5) is 0 Å². The lowest BCUT2D eigenvalue weighted by Gasteiger charge is -2.31. The highest BCUT2D eigenvalue weighted by Gasteiger charge is 2.38. The van der Waals surface area contributed by atoms with Gasteiger partial charge in [0.2, 0.25) is 5.91 Å². The van der Waals surface area contributed by atoms with Gasteiger partial charge in [0.05, 0.1) is 11.5 Å². The fourth-order valence-electron chi connectivity index (χ4n) is 4.58. The zero-order valence-electron chi connectivity index (χ0n) is 17.9. The molecular formula is C23H28BN3O5. The fraction of sp³-hybridized carbons (Fsp3) is 0.435. The van der Waals surface area contributed by atoms with Gasteiger partial charge in [-0.1, -0.05) is 18.2 Å². The number of fused-ring (bicyclic) bond motifs is 1. The van der Waals surface area contributed by atoms with E-state index in [0.717, 1.165) is 32.2 Å². The van der Waals surface area contributed by atoms with E-state index in [4.69, 9.17) is 4.65 Å². The Labute approximate surface area is 187 Å². The van der Waals surface area contributed by atoms with E-state index in [1.807, 2.05) is 12.3 Å². The van der Waals surface area contributed by atoms with E-state index in [2.05, 4.69) is 21.7 Å². The number of amides is 1. The maximum absolute atomic E-state index is 12.6. The van der Waals surface area contributed by atoms with Gasteiger partial charge in [-0.2, -0.15) is 0 Å². The molecule has 4 rings (SSSR count). The molecular weight excluding hydrogens is 409 g/mol. The van der Waals surface area contributed by atoms with E-state index < -0.39 is 19.0 Å². The lowest BCUT2D eigenvalue weighted by Crippen LogP contribution is -2.53. The average Bonchev–Trinajstić information content (AvgIpc) is 2.79. The summed E-state index contributed by atoms with van der Waals surface area (Å²) >= 11 is 0. The molecule has 1 aromatic heterocycles. The first-order valence-corrected chi connectivity index (χ1v) is 11.1. The summed E-state index contributed by atoms with van der Waals surface area (Å²) in [5.74, 6) is -1.32. The first-order valence-electron chi connectivity index (χ1n) is 11.1. The monoisotopic (exact) mass is 437 g/mol. The largest absolute Gasteiger partial charge is 0.547 e. The number of rotatable bonds is 7. The number of hydrogen-bond acceptors (Lipinski definition) is 6. The maximum atomic E-state index is 12.6. The van der Waals surface area contributed by atoms with Crippen LogP contribution in [0.5, 0.6) is 5.75 Å². The molecule has 8 nitrogen and oxygen atoms in total. The summed E-state index contributed by atoms with van der Waals surface area (Å²) in [6, 6.07) is 9.28. The summed E-state index contributed by atoms with van der Waals surface area (Å²) in [5, 5.41) is 26.1. The van der Waals surface area contributed by atoms with Gasteiger partial charge >= 0.3 is 13.1 Å². The highest BCUT2D eigenvalue weighted by Crippen LogP contribution is 2.31. The second-order valence-corrected chi connectivity index (χ2v) is 8.65. The number of nitrogens with zero attached hydrogens (tertiary/aromatic N) is 1. The standard InChI is InChI=1S/C23H28BN3O5/c28-21(11-15-6-8-18(9-7-15)26-14-16-3-2-10-25-13-16)27-20-12-17-4-1-5-19(23(29)30)22(17)32-24(20)31/h1-5,10,13,15,18,20,26,31H,6-9,11-12,14H2,(H,27,28)(H,29,30). The Morgan fingerprint density at radius 1 is 1.16 bits per heavy atom. The number of aromatic carboxylic acids is 1. The van der Waals surface area contributed by atoms with Gasteiger partial charge in [-0.25, -0.2) is 4.79 Å². The molecule has 32 heavy (non-hydrogen) atoms. The van der Waals surface area contributed by atoms with Crippen molar-refractivity contribution in [3.63, 3.8) is 0 Å². The molecule has 9 heteroatoms. The number of nitrogens with one attached hydrogen (secondary N) is 2. The van der Waals surface area contributed by atoms with Crippen LogP contribution in [0.2, 0.25) is 0 Å². The minimum Gasteiger partial charge on any atom is -0.534 e. The van der Waals surface area contributed by atoms with Gasteiger partial charge in [-0.05, 0) is 61.3 Å². The van der Waals surface area contributed by atoms with Crippen molar-refractivity contribution < 1.29 is 24.4 Å². The Morgan fingerprint density at radius 3 is 2.69 bits per heavy atom. The van der Waals surface area contributed by atoms with Crippen LogP contribution in [-0.2, 0) is 17.8 Å². The third-order valence-corrected chi connectivity index (χ3v) is 6.33. The van der Waals surface area contributed by atoms with Gasteiger partial charge in [0.25, 0.3) is 0 Å². The number of aromatic nitrogens is 1. The van der Waals surface area contributed by atoms with Crippen molar-refractivity contribution in [3.05, 3.63) is 59.4 Å². The number of carboxylic acid groups (broad SMARTS) is 1. The van der Waals surface area contributed by atoms with E-state index in [-0.39, 0.29) is 17.2 Å². The third-order valence-electron chi connectivity index (χ3n) is 6.33. The second kappa shape index (κ2) is 10.1. The zero-order valence-corrected chi connectivity index (χ0v) is 17.9. The molecule has 1 aromatic carbocycles. The van der Waals surface area contributed by atoms with Crippen molar-refractivity contribution >= 4 is 19.0 Å². The molecule has 2 heterocycles. The Hall–Kier alpha value is -2.91. The quantitative estimate of drug-likeness (QED) is 0.489. The molecule has 1 aliphatic carbocycles. The predicted octanol–water partition coefficient (Wildman–Crippen LogP) is 1.96. The average molecular weight is 437 g/mol. The Balaban J connectivity index is 1.23. The lowest BCUT2D eigenvalue weighted by atomic mass is 9.72. The van der Waals surface area contributed by atoms with Gasteiger partial charge in [-0.15, -0.1) is 0 Å². The van der Waals surface area contributed by atoms with Crippen molar-refractivity contribution in [1.29, 1.82) is 0 Å². The van der Waals surface area contributed by atoms with E-state index in [1.165, 1.54) is 11.6 Å². The van der Waals surface area contributed by atoms with Crippen LogP contribution in [-0.4, -0.2) is 46.1 Å². The first kappa shape index (κ1) is 22.3. The number of carbonyl (C=O) groups excluding carboxylic acids is 1. The normalized spacial score (nSPS) is 22.5.